The van der Waals surface area contributed by atoms with E-state index in [1.54, 1.807) is 7.11 Å². The highest BCUT2D eigenvalue weighted by molar-refractivity contribution is 5.35. The van der Waals surface area contributed by atoms with E-state index in [9.17, 15) is 0 Å². The molecule has 0 amide bonds. The maximum absolute atomic E-state index is 6.25. The summed E-state index contributed by atoms with van der Waals surface area (Å²) < 4.78 is 5.30. The Morgan fingerprint density at radius 2 is 2.06 bits per heavy atom. The molecule has 2 rings (SSSR count). The standard InChI is InChI=1S/C15H23NO/c1-4-15(5-2)13(10-14(15)16)11-7-6-8-12(9-11)17-3/h6-9,13-14H,4-5,10,16H2,1-3H3. The second kappa shape index (κ2) is 4.69. The Morgan fingerprint density at radius 1 is 1.35 bits per heavy atom. The van der Waals surface area contributed by atoms with Gasteiger partial charge in [0.15, 0.2) is 0 Å². The Hall–Kier alpha value is -1.02. The Labute approximate surface area is 104 Å². The molecule has 1 aliphatic rings. The highest BCUT2D eigenvalue weighted by atomic mass is 16.5. The molecule has 1 saturated carbocycles. The van der Waals surface area contributed by atoms with Crippen LogP contribution in [0.2, 0.25) is 0 Å². The molecule has 0 aromatic heterocycles. The predicted octanol–water partition coefficient (Wildman–Crippen LogP) is 3.32. The molecular weight excluding hydrogens is 210 g/mol. The minimum Gasteiger partial charge on any atom is -0.497 e. The zero-order valence-electron chi connectivity index (χ0n) is 11.1. The molecule has 0 radical (unpaired) electrons. The van der Waals surface area contributed by atoms with E-state index in [4.69, 9.17) is 10.5 Å². The number of ether oxygens (including phenoxy) is 1. The molecule has 2 nitrogen and oxygen atoms in total. The largest absolute Gasteiger partial charge is 0.497 e. The van der Waals surface area contributed by atoms with Gasteiger partial charge in [-0.3, -0.25) is 0 Å². The average Bonchev–Trinajstić information content (AvgIpc) is 2.37. The van der Waals surface area contributed by atoms with Gasteiger partial charge in [-0.05, 0) is 48.3 Å². The summed E-state index contributed by atoms with van der Waals surface area (Å²) in [6.45, 7) is 4.52. The first-order valence-electron chi connectivity index (χ1n) is 6.57. The van der Waals surface area contributed by atoms with Crippen molar-refractivity contribution in [3.8, 4) is 5.75 Å². The fourth-order valence-electron chi connectivity index (χ4n) is 3.41. The van der Waals surface area contributed by atoms with Crippen LogP contribution in [0.25, 0.3) is 0 Å². The molecule has 2 unspecified atom stereocenters. The third kappa shape index (κ3) is 1.85. The van der Waals surface area contributed by atoms with Crippen LogP contribution in [0.3, 0.4) is 0 Å². The summed E-state index contributed by atoms with van der Waals surface area (Å²) >= 11 is 0. The molecule has 1 aromatic rings. The normalized spacial score (nSPS) is 26.4. The van der Waals surface area contributed by atoms with Crippen LogP contribution in [0.5, 0.6) is 5.75 Å². The van der Waals surface area contributed by atoms with Gasteiger partial charge in [-0.2, -0.15) is 0 Å². The van der Waals surface area contributed by atoms with E-state index in [-0.39, 0.29) is 0 Å². The molecule has 0 heterocycles. The first-order chi connectivity index (χ1) is 8.17. The van der Waals surface area contributed by atoms with Crippen molar-refractivity contribution in [2.24, 2.45) is 11.1 Å². The second-order valence-corrected chi connectivity index (χ2v) is 5.11. The Morgan fingerprint density at radius 3 is 2.59 bits per heavy atom. The topological polar surface area (TPSA) is 35.2 Å². The van der Waals surface area contributed by atoms with E-state index < -0.39 is 0 Å². The fraction of sp³-hybridized carbons (Fsp3) is 0.600. The van der Waals surface area contributed by atoms with Crippen molar-refractivity contribution in [2.45, 2.75) is 45.1 Å². The Kier molecular flexibility index (Phi) is 3.43. The summed E-state index contributed by atoms with van der Waals surface area (Å²) in [6, 6.07) is 8.81. The molecular formula is C15H23NO. The highest BCUT2D eigenvalue weighted by Crippen LogP contribution is 2.56. The quantitative estimate of drug-likeness (QED) is 0.866. The Bertz CT molecular complexity index is 384. The van der Waals surface area contributed by atoms with Gasteiger partial charge in [-0.25, -0.2) is 0 Å². The van der Waals surface area contributed by atoms with Gasteiger partial charge in [-0.1, -0.05) is 26.0 Å². The van der Waals surface area contributed by atoms with Crippen molar-refractivity contribution in [3.63, 3.8) is 0 Å². The molecule has 1 fully saturated rings. The van der Waals surface area contributed by atoms with Crippen LogP contribution in [0.4, 0.5) is 0 Å². The van der Waals surface area contributed by atoms with Crippen LogP contribution in [0, 0.1) is 5.41 Å². The first-order valence-corrected chi connectivity index (χ1v) is 6.57. The monoisotopic (exact) mass is 233 g/mol. The molecule has 0 bridgehead atoms. The minimum absolute atomic E-state index is 0.298. The SMILES string of the molecule is CCC1(CC)C(N)CC1c1cccc(OC)c1. The first kappa shape index (κ1) is 12.4. The van der Waals surface area contributed by atoms with Crippen LogP contribution >= 0.6 is 0 Å². The molecule has 0 spiro atoms. The number of methoxy groups -OCH3 is 1. The summed E-state index contributed by atoms with van der Waals surface area (Å²) in [5.74, 6) is 1.55. The van der Waals surface area contributed by atoms with Gasteiger partial charge in [0.25, 0.3) is 0 Å². The summed E-state index contributed by atoms with van der Waals surface area (Å²) in [6.07, 6.45) is 3.42. The molecule has 1 aromatic carbocycles. The van der Waals surface area contributed by atoms with Crippen molar-refractivity contribution in [1.29, 1.82) is 0 Å². The summed E-state index contributed by atoms with van der Waals surface area (Å²) in [4.78, 5) is 0. The second-order valence-electron chi connectivity index (χ2n) is 5.11. The molecule has 2 atom stereocenters. The highest BCUT2D eigenvalue weighted by Gasteiger charge is 2.51. The fourth-order valence-corrected chi connectivity index (χ4v) is 3.41. The minimum atomic E-state index is 0.298. The lowest BCUT2D eigenvalue weighted by Crippen LogP contribution is -2.55. The van der Waals surface area contributed by atoms with E-state index in [0.717, 1.165) is 25.0 Å². The number of nitrogens with two attached hydrogens (primary N) is 1. The van der Waals surface area contributed by atoms with E-state index in [2.05, 4.69) is 32.0 Å². The molecule has 0 saturated heterocycles. The maximum Gasteiger partial charge on any atom is 0.119 e. The van der Waals surface area contributed by atoms with Gasteiger partial charge in [0, 0.05) is 6.04 Å². The van der Waals surface area contributed by atoms with Gasteiger partial charge < -0.3 is 10.5 Å². The summed E-state index contributed by atoms with van der Waals surface area (Å²) in [7, 11) is 1.72. The van der Waals surface area contributed by atoms with Crippen molar-refractivity contribution < 1.29 is 4.74 Å². The third-order valence-corrected chi connectivity index (χ3v) is 4.73. The van der Waals surface area contributed by atoms with Gasteiger partial charge in [-0.15, -0.1) is 0 Å². The zero-order valence-corrected chi connectivity index (χ0v) is 11.1. The van der Waals surface area contributed by atoms with Gasteiger partial charge in [0.1, 0.15) is 5.75 Å². The van der Waals surface area contributed by atoms with E-state index in [1.807, 2.05) is 6.07 Å². The van der Waals surface area contributed by atoms with Crippen molar-refractivity contribution in [1.82, 2.24) is 0 Å². The Balaban J connectivity index is 2.28. The van der Waals surface area contributed by atoms with Crippen molar-refractivity contribution in [3.05, 3.63) is 29.8 Å². The van der Waals surface area contributed by atoms with E-state index >= 15 is 0 Å². The van der Waals surface area contributed by atoms with E-state index in [1.165, 1.54) is 5.56 Å². The zero-order chi connectivity index (χ0) is 12.5. The van der Waals surface area contributed by atoms with Crippen LogP contribution in [0.1, 0.15) is 44.6 Å². The molecule has 17 heavy (non-hydrogen) atoms. The van der Waals surface area contributed by atoms with Crippen molar-refractivity contribution >= 4 is 0 Å². The summed E-state index contributed by atoms with van der Waals surface area (Å²) in [5, 5.41) is 0. The van der Waals surface area contributed by atoms with E-state index in [0.29, 0.717) is 17.4 Å². The maximum atomic E-state index is 6.25. The van der Waals surface area contributed by atoms with Gasteiger partial charge >= 0.3 is 0 Å². The number of rotatable bonds is 4. The lowest BCUT2D eigenvalue weighted by Gasteiger charge is -2.55. The number of benzene rings is 1. The van der Waals surface area contributed by atoms with Crippen LogP contribution in [-0.2, 0) is 0 Å². The van der Waals surface area contributed by atoms with Crippen molar-refractivity contribution in [2.75, 3.05) is 7.11 Å². The van der Waals surface area contributed by atoms with Crippen LogP contribution in [-0.4, -0.2) is 13.2 Å². The smallest absolute Gasteiger partial charge is 0.119 e. The lowest BCUT2D eigenvalue weighted by atomic mass is 9.52. The molecule has 94 valence electrons. The third-order valence-electron chi connectivity index (χ3n) is 4.73. The number of hydrogen-bond acceptors (Lipinski definition) is 2. The molecule has 1 aliphatic carbocycles. The molecule has 2 N–H and O–H groups in total. The predicted molar refractivity (Wildman–Crippen MR) is 71.3 cm³/mol. The number of hydrogen-bond donors (Lipinski definition) is 1. The molecule has 0 aliphatic heterocycles. The van der Waals surface area contributed by atoms with Gasteiger partial charge in [0.2, 0.25) is 0 Å². The lowest BCUT2D eigenvalue weighted by molar-refractivity contribution is 0.0437. The molecule has 2 heteroatoms. The summed E-state index contributed by atoms with van der Waals surface area (Å²) in [5.41, 5.74) is 7.93. The average molecular weight is 233 g/mol. The van der Waals surface area contributed by atoms with Crippen LogP contribution in [0.15, 0.2) is 24.3 Å². The van der Waals surface area contributed by atoms with Crippen LogP contribution < -0.4 is 10.5 Å². The van der Waals surface area contributed by atoms with Gasteiger partial charge in [0.05, 0.1) is 7.11 Å².